The highest BCUT2D eigenvalue weighted by atomic mass is 16.5. The van der Waals surface area contributed by atoms with Gasteiger partial charge in [0.2, 0.25) is 5.95 Å². The second-order valence-corrected chi connectivity index (χ2v) is 6.39. The van der Waals surface area contributed by atoms with Crippen LogP contribution < -0.4 is 11.3 Å². The van der Waals surface area contributed by atoms with Crippen molar-refractivity contribution < 1.29 is 4.52 Å². The van der Waals surface area contributed by atoms with Gasteiger partial charge in [-0.15, -0.1) is 0 Å². The Morgan fingerprint density at radius 1 is 1.32 bits per heavy atom. The molecule has 1 aliphatic rings. The molecule has 3 N–H and O–H groups in total. The monoisotopic (exact) mass is 337 g/mol. The summed E-state index contributed by atoms with van der Waals surface area (Å²) >= 11 is 0. The molecule has 0 bridgehead atoms. The van der Waals surface area contributed by atoms with E-state index in [1.165, 1.54) is 5.56 Å². The number of aryl methyl sites for hydroxylation is 1. The average molecular weight is 337 g/mol. The van der Waals surface area contributed by atoms with Gasteiger partial charge in [0.15, 0.2) is 5.76 Å². The average Bonchev–Trinajstić information content (AvgIpc) is 3.04. The van der Waals surface area contributed by atoms with Gasteiger partial charge in [-0.2, -0.15) is 0 Å². The Morgan fingerprint density at radius 3 is 2.92 bits per heavy atom. The number of rotatable bonds is 3. The van der Waals surface area contributed by atoms with Crippen LogP contribution in [0.5, 0.6) is 0 Å². The lowest BCUT2D eigenvalue weighted by molar-refractivity contribution is 0.234. The highest BCUT2D eigenvalue weighted by Crippen LogP contribution is 2.22. The normalized spacial score (nSPS) is 14.4. The molecule has 0 radical (unpaired) electrons. The van der Waals surface area contributed by atoms with Crippen molar-refractivity contribution in [3.8, 4) is 11.3 Å². The van der Waals surface area contributed by atoms with Crippen LogP contribution in [0.1, 0.15) is 22.5 Å². The summed E-state index contributed by atoms with van der Waals surface area (Å²) in [5.74, 6) is 0.927. The first-order valence-corrected chi connectivity index (χ1v) is 8.21. The summed E-state index contributed by atoms with van der Waals surface area (Å²) in [4.78, 5) is 21.0. The van der Waals surface area contributed by atoms with Gasteiger partial charge in [-0.05, 0) is 6.92 Å². The minimum absolute atomic E-state index is 0.160. The summed E-state index contributed by atoms with van der Waals surface area (Å²) in [5.41, 5.74) is 9.97. The zero-order chi connectivity index (χ0) is 17.4. The topological polar surface area (TPSA) is 101 Å². The van der Waals surface area contributed by atoms with E-state index in [2.05, 4.69) is 20.0 Å². The molecule has 0 amide bonds. The molecule has 3 heterocycles. The first-order chi connectivity index (χ1) is 12.1. The maximum atomic E-state index is 12.1. The summed E-state index contributed by atoms with van der Waals surface area (Å²) in [6.45, 7) is 4.01. The van der Waals surface area contributed by atoms with E-state index in [0.717, 1.165) is 29.3 Å². The Balaban J connectivity index is 1.50. The van der Waals surface area contributed by atoms with Crippen LogP contribution in [-0.4, -0.2) is 26.6 Å². The molecule has 3 aromatic rings. The van der Waals surface area contributed by atoms with Crippen molar-refractivity contribution in [3.63, 3.8) is 0 Å². The number of anilines is 1. The predicted molar refractivity (Wildman–Crippen MR) is 93.8 cm³/mol. The fraction of sp³-hybridized carbons (Fsp3) is 0.278. The Kier molecular flexibility index (Phi) is 3.85. The van der Waals surface area contributed by atoms with E-state index in [1.807, 2.05) is 37.3 Å². The van der Waals surface area contributed by atoms with Gasteiger partial charge < -0.3 is 10.3 Å². The zero-order valence-corrected chi connectivity index (χ0v) is 14.0. The van der Waals surface area contributed by atoms with Gasteiger partial charge in [-0.1, -0.05) is 35.0 Å². The van der Waals surface area contributed by atoms with Crippen LogP contribution in [0.4, 0.5) is 5.95 Å². The fourth-order valence-corrected chi connectivity index (χ4v) is 3.10. The first-order valence-electron chi connectivity index (χ1n) is 8.21. The van der Waals surface area contributed by atoms with Gasteiger partial charge in [-0.25, -0.2) is 4.98 Å². The molecule has 0 saturated heterocycles. The van der Waals surface area contributed by atoms with Crippen LogP contribution in [0.15, 0.2) is 39.6 Å². The lowest BCUT2D eigenvalue weighted by Crippen LogP contribution is -2.35. The van der Waals surface area contributed by atoms with Crippen LogP contribution in [0.3, 0.4) is 0 Å². The second-order valence-electron chi connectivity index (χ2n) is 6.39. The van der Waals surface area contributed by atoms with E-state index in [1.54, 1.807) is 0 Å². The highest BCUT2D eigenvalue weighted by Gasteiger charge is 2.22. The van der Waals surface area contributed by atoms with Gasteiger partial charge in [0, 0.05) is 37.7 Å². The number of aromatic nitrogens is 3. The largest absolute Gasteiger partial charge is 0.369 e. The Bertz CT molecular complexity index is 958. The molecule has 0 fully saturated rings. The highest BCUT2D eigenvalue weighted by molar-refractivity contribution is 5.57. The van der Waals surface area contributed by atoms with Crippen molar-refractivity contribution in [2.75, 3.05) is 12.3 Å². The maximum Gasteiger partial charge on any atom is 0.257 e. The third kappa shape index (κ3) is 3.18. The van der Waals surface area contributed by atoms with Crippen molar-refractivity contribution in [2.45, 2.75) is 26.4 Å². The molecular formula is C18H19N5O2. The number of H-pyrrole nitrogens is 1. The minimum Gasteiger partial charge on any atom is -0.369 e. The lowest BCUT2D eigenvalue weighted by atomic mass is 10.1. The van der Waals surface area contributed by atoms with E-state index in [4.69, 9.17) is 10.3 Å². The predicted octanol–water partition coefficient (Wildman–Crippen LogP) is 1.87. The number of nitrogens with zero attached hydrogens (tertiary/aromatic N) is 3. The number of nitrogens with two attached hydrogens (primary N) is 1. The van der Waals surface area contributed by atoms with Crippen LogP contribution in [0, 0.1) is 6.92 Å². The number of nitrogen functional groups attached to an aromatic ring is 1. The van der Waals surface area contributed by atoms with Crippen molar-refractivity contribution in [3.05, 3.63) is 63.2 Å². The van der Waals surface area contributed by atoms with E-state index >= 15 is 0 Å². The van der Waals surface area contributed by atoms with Crippen LogP contribution in [-0.2, 0) is 19.5 Å². The molecule has 128 valence electrons. The molecule has 0 saturated carbocycles. The summed E-state index contributed by atoms with van der Waals surface area (Å²) in [7, 11) is 0. The van der Waals surface area contributed by atoms with Gasteiger partial charge in [0.1, 0.15) is 0 Å². The number of fused-ring (bicyclic) bond motifs is 1. The molecule has 4 rings (SSSR count). The van der Waals surface area contributed by atoms with E-state index in [0.29, 0.717) is 25.1 Å². The Labute approximate surface area is 144 Å². The minimum atomic E-state index is -0.160. The van der Waals surface area contributed by atoms with Crippen LogP contribution >= 0.6 is 0 Å². The van der Waals surface area contributed by atoms with Gasteiger partial charge in [0.25, 0.3) is 5.56 Å². The van der Waals surface area contributed by atoms with Crippen molar-refractivity contribution in [2.24, 2.45) is 0 Å². The molecule has 7 heteroatoms. The molecule has 1 aliphatic heterocycles. The number of aromatic amines is 1. The lowest BCUT2D eigenvalue weighted by Gasteiger charge is -2.26. The molecule has 2 aromatic heterocycles. The number of hydrogen-bond acceptors (Lipinski definition) is 6. The first kappa shape index (κ1) is 15.6. The van der Waals surface area contributed by atoms with Crippen molar-refractivity contribution in [1.82, 2.24) is 20.0 Å². The maximum absolute atomic E-state index is 12.1. The Hall–Kier alpha value is -2.93. The zero-order valence-electron chi connectivity index (χ0n) is 14.0. The molecule has 7 nitrogen and oxygen atoms in total. The van der Waals surface area contributed by atoms with E-state index < -0.39 is 0 Å². The molecular weight excluding hydrogens is 318 g/mol. The third-order valence-corrected chi connectivity index (χ3v) is 4.45. The molecule has 1 aromatic carbocycles. The summed E-state index contributed by atoms with van der Waals surface area (Å²) in [6, 6.07) is 10.1. The molecule has 0 unspecified atom stereocenters. The summed E-state index contributed by atoms with van der Waals surface area (Å²) in [6.07, 6.45) is 0.701. The van der Waals surface area contributed by atoms with E-state index in [-0.39, 0.29) is 11.5 Å². The molecule has 0 spiro atoms. The fourth-order valence-electron chi connectivity index (χ4n) is 3.10. The van der Waals surface area contributed by atoms with Crippen molar-refractivity contribution in [1.29, 1.82) is 0 Å². The molecule has 0 atom stereocenters. The van der Waals surface area contributed by atoms with Crippen molar-refractivity contribution >= 4 is 5.95 Å². The number of benzene rings is 1. The standard InChI is InChI=1S/C18H19N5O2/c1-11-2-4-12(5-3-11)16-8-13(22-25-16)9-23-7-6-15-14(10-23)17(24)21-18(19)20-15/h2-5,8H,6-7,9-10H2,1H3,(H3,19,20,21,24). The number of hydrogen-bond donors (Lipinski definition) is 2. The van der Waals surface area contributed by atoms with Gasteiger partial charge >= 0.3 is 0 Å². The number of nitrogens with one attached hydrogen (secondary N) is 1. The van der Waals surface area contributed by atoms with Crippen LogP contribution in [0.25, 0.3) is 11.3 Å². The van der Waals surface area contributed by atoms with Gasteiger partial charge in [-0.3, -0.25) is 14.7 Å². The van der Waals surface area contributed by atoms with Gasteiger partial charge in [0.05, 0.1) is 17.0 Å². The quantitative estimate of drug-likeness (QED) is 0.757. The van der Waals surface area contributed by atoms with Crippen LogP contribution in [0.2, 0.25) is 0 Å². The summed E-state index contributed by atoms with van der Waals surface area (Å²) in [5, 5.41) is 4.16. The smallest absolute Gasteiger partial charge is 0.257 e. The SMILES string of the molecule is Cc1ccc(-c2cc(CN3CCc4nc(N)[nH]c(=O)c4C3)no2)cc1. The Morgan fingerprint density at radius 2 is 2.12 bits per heavy atom. The molecule has 25 heavy (non-hydrogen) atoms. The summed E-state index contributed by atoms with van der Waals surface area (Å²) < 4.78 is 5.47. The molecule has 0 aliphatic carbocycles. The third-order valence-electron chi connectivity index (χ3n) is 4.45. The second kappa shape index (κ2) is 6.18. The van der Waals surface area contributed by atoms with E-state index in [9.17, 15) is 4.79 Å².